The molecule has 2 heterocycles. The normalized spacial score (nSPS) is 16.6. The van der Waals surface area contributed by atoms with Crippen LogP contribution >= 0.6 is 0 Å². The maximum Gasteiger partial charge on any atom is 0.297 e. The summed E-state index contributed by atoms with van der Waals surface area (Å²) >= 11 is 0. The van der Waals surface area contributed by atoms with E-state index in [0.29, 0.717) is 18.9 Å². The Bertz CT molecular complexity index is 749. The number of nitrogens with zero attached hydrogens (tertiary/aromatic N) is 3. The lowest BCUT2D eigenvalue weighted by molar-refractivity contribution is 0.0657. The van der Waals surface area contributed by atoms with Gasteiger partial charge in [-0.15, -0.1) is 5.10 Å². The quantitative estimate of drug-likeness (QED) is 0.774. The van der Waals surface area contributed by atoms with Gasteiger partial charge in [-0.3, -0.25) is 4.18 Å². The second-order valence-corrected chi connectivity index (χ2v) is 7.18. The monoisotopic (exact) mass is 337 g/mol. The summed E-state index contributed by atoms with van der Waals surface area (Å²) in [5.74, 6) is 0. The highest BCUT2D eigenvalue weighted by atomic mass is 32.2. The van der Waals surface area contributed by atoms with E-state index in [0.717, 1.165) is 18.4 Å². The Balaban J connectivity index is 1.63. The first-order valence-electron chi connectivity index (χ1n) is 7.49. The maximum absolute atomic E-state index is 12.1. The molecule has 1 aromatic heterocycles. The first-order chi connectivity index (χ1) is 11.0. The van der Waals surface area contributed by atoms with E-state index in [9.17, 15) is 8.42 Å². The van der Waals surface area contributed by atoms with Crippen LogP contribution in [-0.4, -0.2) is 36.6 Å². The number of benzene rings is 1. The van der Waals surface area contributed by atoms with Crippen LogP contribution in [0, 0.1) is 6.92 Å². The molecule has 124 valence electrons. The van der Waals surface area contributed by atoms with E-state index in [1.165, 1.54) is 12.1 Å². The van der Waals surface area contributed by atoms with Gasteiger partial charge in [-0.2, -0.15) is 8.42 Å². The van der Waals surface area contributed by atoms with Crippen molar-refractivity contribution < 1.29 is 17.3 Å². The standard InChI is InChI=1S/C15H19N3O4S/c1-12-2-4-15(5-3-12)23(19,20)22-11-13-10-18(17-16-13)14-6-8-21-9-7-14/h2-5,10,14H,6-9,11H2,1H3. The molecule has 7 nitrogen and oxygen atoms in total. The molecule has 0 bridgehead atoms. The van der Waals surface area contributed by atoms with Crippen LogP contribution in [0.1, 0.15) is 30.1 Å². The molecule has 1 aliphatic rings. The smallest absolute Gasteiger partial charge is 0.297 e. The molecule has 1 fully saturated rings. The van der Waals surface area contributed by atoms with Crippen LogP contribution in [0.3, 0.4) is 0 Å². The fourth-order valence-corrected chi connectivity index (χ4v) is 3.30. The molecule has 0 radical (unpaired) electrons. The van der Waals surface area contributed by atoms with Crippen molar-refractivity contribution in [3.8, 4) is 0 Å². The molecule has 0 N–H and O–H groups in total. The Kier molecular flexibility index (Phi) is 4.74. The van der Waals surface area contributed by atoms with Crippen LogP contribution in [-0.2, 0) is 25.6 Å². The van der Waals surface area contributed by atoms with Gasteiger partial charge in [0.1, 0.15) is 12.3 Å². The van der Waals surface area contributed by atoms with Crippen LogP contribution in [0.2, 0.25) is 0 Å². The van der Waals surface area contributed by atoms with Crippen molar-refractivity contribution in [2.75, 3.05) is 13.2 Å². The van der Waals surface area contributed by atoms with Crippen molar-refractivity contribution in [1.82, 2.24) is 15.0 Å². The summed E-state index contributed by atoms with van der Waals surface area (Å²) in [6.07, 6.45) is 3.50. The van der Waals surface area contributed by atoms with Crippen molar-refractivity contribution in [2.45, 2.75) is 37.3 Å². The molecule has 0 atom stereocenters. The average Bonchev–Trinajstić information content (AvgIpc) is 3.03. The van der Waals surface area contributed by atoms with E-state index < -0.39 is 10.1 Å². The van der Waals surface area contributed by atoms with Crippen LogP contribution in [0.25, 0.3) is 0 Å². The molecule has 2 aromatic rings. The molecule has 0 saturated carbocycles. The average molecular weight is 337 g/mol. The first kappa shape index (κ1) is 16.1. The third kappa shape index (κ3) is 3.95. The number of hydrogen-bond acceptors (Lipinski definition) is 6. The minimum Gasteiger partial charge on any atom is -0.381 e. The highest BCUT2D eigenvalue weighted by Crippen LogP contribution is 2.20. The lowest BCUT2D eigenvalue weighted by atomic mass is 10.1. The molecule has 0 spiro atoms. The topological polar surface area (TPSA) is 83.3 Å². The fraction of sp³-hybridized carbons (Fsp3) is 0.467. The maximum atomic E-state index is 12.1. The largest absolute Gasteiger partial charge is 0.381 e. The molecule has 8 heteroatoms. The van der Waals surface area contributed by atoms with Gasteiger partial charge >= 0.3 is 0 Å². The summed E-state index contributed by atoms with van der Waals surface area (Å²) in [6.45, 7) is 3.18. The molecular formula is C15H19N3O4S. The van der Waals surface area contributed by atoms with Gasteiger partial charge in [0, 0.05) is 13.2 Å². The SMILES string of the molecule is Cc1ccc(S(=O)(=O)OCc2cn(C3CCOCC3)nn2)cc1. The zero-order valence-electron chi connectivity index (χ0n) is 12.9. The van der Waals surface area contributed by atoms with Gasteiger partial charge < -0.3 is 4.74 Å². The first-order valence-corrected chi connectivity index (χ1v) is 8.90. The summed E-state index contributed by atoms with van der Waals surface area (Å²) in [6, 6.07) is 6.78. The summed E-state index contributed by atoms with van der Waals surface area (Å²) in [4.78, 5) is 0.139. The number of aromatic nitrogens is 3. The van der Waals surface area contributed by atoms with Gasteiger partial charge in [0.25, 0.3) is 10.1 Å². The van der Waals surface area contributed by atoms with Gasteiger partial charge in [0.2, 0.25) is 0 Å². The fourth-order valence-electron chi connectivity index (χ4n) is 2.42. The lowest BCUT2D eigenvalue weighted by Crippen LogP contribution is -2.20. The highest BCUT2D eigenvalue weighted by molar-refractivity contribution is 7.86. The second kappa shape index (κ2) is 6.77. The molecule has 1 saturated heterocycles. The minimum atomic E-state index is -3.79. The highest BCUT2D eigenvalue weighted by Gasteiger charge is 2.19. The van der Waals surface area contributed by atoms with Crippen LogP contribution in [0.5, 0.6) is 0 Å². The van der Waals surface area contributed by atoms with Gasteiger partial charge in [-0.05, 0) is 31.9 Å². The van der Waals surface area contributed by atoms with Gasteiger partial charge in [-0.1, -0.05) is 22.9 Å². The van der Waals surface area contributed by atoms with E-state index in [4.69, 9.17) is 8.92 Å². The number of hydrogen-bond donors (Lipinski definition) is 0. The van der Waals surface area contributed by atoms with Crippen molar-refractivity contribution in [3.05, 3.63) is 41.7 Å². The predicted octanol–water partition coefficient (Wildman–Crippen LogP) is 1.84. The minimum absolute atomic E-state index is 0.126. The third-order valence-corrected chi connectivity index (χ3v) is 5.07. The molecule has 1 aromatic carbocycles. The van der Waals surface area contributed by atoms with Gasteiger partial charge in [-0.25, -0.2) is 4.68 Å². The molecule has 3 rings (SSSR count). The molecule has 0 aliphatic carbocycles. The Labute approximate surface area is 135 Å². The third-order valence-electron chi connectivity index (χ3n) is 3.79. The van der Waals surface area contributed by atoms with E-state index >= 15 is 0 Å². The Morgan fingerprint density at radius 2 is 1.96 bits per heavy atom. The second-order valence-electron chi connectivity index (χ2n) is 5.56. The Morgan fingerprint density at radius 3 is 2.65 bits per heavy atom. The predicted molar refractivity (Wildman–Crippen MR) is 82.3 cm³/mol. The Morgan fingerprint density at radius 1 is 1.26 bits per heavy atom. The van der Waals surface area contributed by atoms with Crippen molar-refractivity contribution in [2.24, 2.45) is 0 Å². The summed E-state index contributed by atoms with van der Waals surface area (Å²) in [5, 5.41) is 8.05. The molecule has 1 aliphatic heterocycles. The summed E-state index contributed by atoms with van der Waals surface area (Å²) < 4.78 is 36.4. The van der Waals surface area contributed by atoms with Crippen LogP contribution in [0.4, 0.5) is 0 Å². The molecule has 0 amide bonds. The van der Waals surface area contributed by atoms with E-state index in [1.54, 1.807) is 23.0 Å². The van der Waals surface area contributed by atoms with Crippen molar-refractivity contribution >= 4 is 10.1 Å². The zero-order chi connectivity index (χ0) is 16.3. The van der Waals surface area contributed by atoms with Crippen molar-refractivity contribution in [1.29, 1.82) is 0 Å². The molecule has 23 heavy (non-hydrogen) atoms. The van der Waals surface area contributed by atoms with E-state index in [-0.39, 0.29) is 17.5 Å². The molecular weight excluding hydrogens is 318 g/mol. The lowest BCUT2D eigenvalue weighted by Gasteiger charge is -2.21. The van der Waals surface area contributed by atoms with E-state index in [1.807, 2.05) is 6.92 Å². The summed E-state index contributed by atoms with van der Waals surface area (Å²) in [5.41, 5.74) is 1.48. The van der Waals surface area contributed by atoms with Crippen LogP contribution < -0.4 is 0 Å². The number of aryl methyl sites for hydroxylation is 1. The Hall–Kier alpha value is -1.77. The van der Waals surface area contributed by atoms with Gasteiger partial charge in [0.15, 0.2) is 0 Å². The van der Waals surface area contributed by atoms with Crippen molar-refractivity contribution in [3.63, 3.8) is 0 Å². The van der Waals surface area contributed by atoms with Gasteiger partial charge in [0.05, 0.1) is 17.1 Å². The summed E-state index contributed by atoms with van der Waals surface area (Å²) in [7, 11) is -3.79. The number of ether oxygens (including phenoxy) is 1. The zero-order valence-corrected chi connectivity index (χ0v) is 13.7. The van der Waals surface area contributed by atoms with E-state index in [2.05, 4.69) is 10.3 Å². The molecule has 0 unspecified atom stereocenters. The van der Waals surface area contributed by atoms with Crippen LogP contribution in [0.15, 0.2) is 35.4 Å². The number of rotatable bonds is 5.